The predicted molar refractivity (Wildman–Crippen MR) is 104 cm³/mol. The van der Waals surface area contributed by atoms with E-state index in [4.69, 9.17) is 0 Å². The molecule has 0 spiro atoms. The van der Waals surface area contributed by atoms with E-state index in [2.05, 4.69) is 21.7 Å². The number of rotatable bonds is 4. The van der Waals surface area contributed by atoms with Gasteiger partial charge in [0, 0.05) is 53.1 Å². The summed E-state index contributed by atoms with van der Waals surface area (Å²) in [6, 6.07) is 9.91. The molecule has 3 heterocycles. The van der Waals surface area contributed by atoms with Gasteiger partial charge in [0.25, 0.3) is 0 Å². The Morgan fingerprint density at radius 3 is 3.00 bits per heavy atom. The second-order valence-corrected chi connectivity index (χ2v) is 7.74. The summed E-state index contributed by atoms with van der Waals surface area (Å²) in [5.41, 5.74) is 4.14. The van der Waals surface area contributed by atoms with Gasteiger partial charge >= 0.3 is 0 Å². The van der Waals surface area contributed by atoms with Crippen molar-refractivity contribution in [1.29, 1.82) is 0 Å². The monoisotopic (exact) mass is 367 g/mol. The number of aryl methyl sites for hydroxylation is 1. The standard InChI is InChI=1S/C20H21N3O2S/c1-13-10-15-11-16(2-3-17(15)21-13)22-19(24)4-5-20(25)23-8-6-18-14(12-23)7-9-26-18/h2-3,7,9-11,21H,4-6,8,12H2,1H3,(H,22,24). The van der Waals surface area contributed by atoms with Crippen LogP contribution in [0.2, 0.25) is 0 Å². The third-order valence-electron chi connectivity index (χ3n) is 4.77. The molecule has 5 nitrogen and oxygen atoms in total. The Hall–Kier alpha value is -2.60. The van der Waals surface area contributed by atoms with Gasteiger partial charge in [0.1, 0.15) is 0 Å². The lowest BCUT2D eigenvalue weighted by molar-refractivity contribution is -0.133. The quantitative estimate of drug-likeness (QED) is 0.736. The minimum Gasteiger partial charge on any atom is -0.359 e. The van der Waals surface area contributed by atoms with Crippen molar-refractivity contribution in [1.82, 2.24) is 9.88 Å². The summed E-state index contributed by atoms with van der Waals surface area (Å²) < 4.78 is 0. The summed E-state index contributed by atoms with van der Waals surface area (Å²) in [6.45, 7) is 3.42. The van der Waals surface area contributed by atoms with Gasteiger partial charge < -0.3 is 15.2 Å². The van der Waals surface area contributed by atoms with Crippen molar-refractivity contribution in [2.45, 2.75) is 32.7 Å². The molecule has 6 heteroatoms. The highest BCUT2D eigenvalue weighted by atomic mass is 32.1. The zero-order valence-corrected chi connectivity index (χ0v) is 15.5. The van der Waals surface area contributed by atoms with Crippen LogP contribution < -0.4 is 5.32 Å². The first-order chi connectivity index (χ1) is 12.6. The molecule has 3 aromatic rings. The molecule has 1 aromatic carbocycles. The van der Waals surface area contributed by atoms with E-state index in [0.29, 0.717) is 6.54 Å². The first kappa shape index (κ1) is 16.8. The van der Waals surface area contributed by atoms with Crippen molar-refractivity contribution in [3.8, 4) is 0 Å². The maximum absolute atomic E-state index is 12.4. The molecule has 0 radical (unpaired) electrons. The molecule has 0 atom stereocenters. The molecular formula is C20H21N3O2S. The number of carbonyl (C=O) groups is 2. The number of aromatic amines is 1. The van der Waals surface area contributed by atoms with Crippen molar-refractivity contribution < 1.29 is 9.59 Å². The van der Waals surface area contributed by atoms with E-state index < -0.39 is 0 Å². The van der Waals surface area contributed by atoms with E-state index in [0.717, 1.165) is 35.2 Å². The van der Waals surface area contributed by atoms with Crippen LogP contribution in [-0.4, -0.2) is 28.2 Å². The Labute approximate surface area is 156 Å². The average Bonchev–Trinajstić information content (AvgIpc) is 3.23. The van der Waals surface area contributed by atoms with Crippen LogP contribution in [0.5, 0.6) is 0 Å². The lowest BCUT2D eigenvalue weighted by Crippen LogP contribution is -2.35. The lowest BCUT2D eigenvalue weighted by atomic mass is 10.1. The molecular weight excluding hydrogens is 346 g/mol. The zero-order valence-electron chi connectivity index (χ0n) is 14.7. The number of fused-ring (bicyclic) bond motifs is 2. The molecule has 2 amide bonds. The van der Waals surface area contributed by atoms with Gasteiger partial charge in [-0.3, -0.25) is 9.59 Å². The van der Waals surface area contributed by atoms with E-state index in [1.807, 2.05) is 36.1 Å². The number of H-pyrrole nitrogens is 1. The second kappa shape index (κ2) is 6.96. The van der Waals surface area contributed by atoms with E-state index >= 15 is 0 Å². The Bertz CT molecular complexity index is 973. The summed E-state index contributed by atoms with van der Waals surface area (Å²) in [7, 11) is 0. The minimum atomic E-state index is -0.127. The fourth-order valence-electron chi connectivity index (χ4n) is 3.42. The van der Waals surface area contributed by atoms with Crippen molar-refractivity contribution in [3.05, 3.63) is 51.8 Å². The van der Waals surface area contributed by atoms with Gasteiger partial charge in [0.15, 0.2) is 0 Å². The molecule has 0 saturated heterocycles. The Morgan fingerprint density at radius 2 is 2.12 bits per heavy atom. The smallest absolute Gasteiger partial charge is 0.224 e. The van der Waals surface area contributed by atoms with Crippen LogP contribution in [0.1, 0.15) is 29.0 Å². The highest BCUT2D eigenvalue weighted by Gasteiger charge is 2.21. The molecule has 0 bridgehead atoms. The fourth-order valence-corrected chi connectivity index (χ4v) is 4.31. The number of nitrogens with one attached hydrogen (secondary N) is 2. The highest BCUT2D eigenvalue weighted by Crippen LogP contribution is 2.24. The summed E-state index contributed by atoms with van der Waals surface area (Å²) in [5, 5.41) is 6.04. The molecule has 1 aliphatic rings. The number of hydrogen-bond donors (Lipinski definition) is 2. The molecule has 2 N–H and O–H groups in total. The minimum absolute atomic E-state index is 0.0497. The van der Waals surface area contributed by atoms with E-state index in [1.165, 1.54) is 10.4 Å². The van der Waals surface area contributed by atoms with E-state index in [9.17, 15) is 9.59 Å². The van der Waals surface area contributed by atoms with Crippen molar-refractivity contribution in [2.75, 3.05) is 11.9 Å². The van der Waals surface area contributed by atoms with Crippen molar-refractivity contribution in [3.63, 3.8) is 0 Å². The number of nitrogens with zero attached hydrogens (tertiary/aromatic N) is 1. The number of amides is 2. The Balaban J connectivity index is 1.31. The van der Waals surface area contributed by atoms with Gasteiger partial charge in [0.2, 0.25) is 11.8 Å². The number of benzene rings is 1. The van der Waals surface area contributed by atoms with Crippen LogP contribution in [0.3, 0.4) is 0 Å². The largest absolute Gasteiger partial charge is 0.359 e. The molecule has 2 aromatic heterocycles. The molecule has 1 aliphatic heterocycles. The van der Waals surface area contributed by atoms with E-state index in [1.54, 1.807) is 11.3 Å². The average molecular weight is 367 g/mol. The number of aromatic nitrogens is 1. The molecule has 0 unspecified atom stereocenters. The number of thiophene rings is 1. The molecule has 0 saturated carbocycles. The van der Waals surface area contributed by atoms with Gasteiger partial charge in [-0.1, -0.05) is 0 Å². The summed E-state index contributed by atoms with van der Waals surface area (Å²) in [5.74, 6) is -0.0769. The topological polar surface area (TPSA) is 65.2 Å². The first-order valence-electron chi connectivity index (χ1n) is 8.81. The number of anilines is 1. The predicted octanol–water partition coefficient (Wildman–Crippen LogP) is 3.84. The van der Waals surface area contributed by atoms with Crippen LogP contribution >= 0.6 is 11.3 Å². The molecule has 134 valence electrons. The number of hydrogen-bond acceptors (Lipinski definition) is 3. The summed E-state index contributed by atoms with van der Waals surface area (Å²) in [4.78, 5) is 31.1. The van der Waals surface area contributed by atoms with Gasteiger partial charge in [-0.05, 0) is 54.6 Å². The maximum atomic E-state index is 12.4. The van der Waals surface area contributed by atoms with Gasteiger partial charge in [-0.15, -0.1) is 11.3 Å². The van der Waals surface area contributed by atoms with Gasteiger partial charge in [0.05, 0.1) is 0 Å². The SMILES string of the molecule is Cc1cc2cc(NC(=O)CCC(=O)N3CCc4sccc4C3)ccc2[nH]1. The van der Waals surface area contributed by atoms with Gasteiger partial charge in [-0.25, -0.2) is 0 Å². The van der Waals surface area contributed by atoms with Gasteiger partial charge in [-0.2, -0.15) is 0 Å². The lowest BCUT2D eigenvalue weighted by Gasteiger charge is -2.27. The number of carbonyl (C=O) groups excluding carboxylic acids is 2. The highest BCUT2D eigenvalue weighted by molar-refractivity contribution is 7.10. The normalized spacial score (nSPS) is 13.7. The second-order valence-electron chi connectivity index (χ2n) is 6.74. The fraction of sp³-hybridized carbons (Fsp3) is 0.300. The zero-order chi connectivity index (χ0) is 18.1. The van der Waals surface area contributed by atoms with E-state index in [-0.39, 0.29) is 24.7 Å². The van der Waals surface area contributed by atoms with Crippen LogP contribution in [0.15, 0.2) is 35.7 Å². The Morgan fingerprint density at radius 1 is 1.23 bits per heavy atom. The third kappa shape index (κ3) is 3.51. The summed E-state index contributed by atoms with van der Waals surface area (Å²) >= 11 is 1.76. The first-order valence-corrected chi connectivity index (χ1v) is 9.69. The molecule has 4 rings (SSSR count). The van der Waals surface area contributed by atoms with Crippen molar-refractivity contribution >= 4 is 39.7 Å². The van der Waals surface area contributed by atoms with Crippen LogP contribution in [0, 0.1) is 6.92 Å². The van der Waals surface area contributed by atoms with Crippen LogP contribution in [-0.2, 0) is 22.6 Å². The van der Waals surface area contributed by atoms with Crippen LogP contribution in [0.25, 0.3) is 10.9 Å². The molecule has 0 aliphatic carbocycles. The maximum Gasteiger partial charge on any atom is 0.224 e. The van der Waals surface area contributed by atoms with Crippen LogP contribution in [0.4, 0.5) is 5.69 Å². The third-order valence-corrected chi connectivity index (χ3v) is 5.79. The summed E-state index contributed by atoms with van der Waals surface area (Å²) in [6.07, 6.45) is 1.37. The van der Waals surface area contributed by atoms with Crippen molar-refractivity contribution in [2.24, 2.45) is 0 Å². The molecule has 26 heavy (non-hydrogen) atoms. The Kier molecular flexibility index (Phi) is 4.51. The molecule has 0 fully saturated rings.